The predicted octanol–water partition coefficient (Wildman–Crippen LogP) is 2.16. The van der Waals surface area contributed by atoms with E-state index in [1.165, 1.54) is 13.3 Å². The molecule has 0 unspecified atom stereocenters. The van der Waals surface area contributed by atoms with Gasteiger partial charge < -0.3 is 9.84 Å². The Kier molecular flexibility index (Phi) is 7.30. The van der Waals surface area contributed by atoms with Gasteiger partial charge in [0.2, 0.25) is 0 Å². The van der Waals surface area contributed by atoms with Crippen molar-refractivity contribution in [2.75, 3.05) is 13.7 Å². The summed E-state index contributed by atoms with van der Waals surface area (Å²) in [4.78, 5) is 15.3. The zero-order valence-corrected chi connectivity index (χ0v) is 11.2. The number of unbranched alkanes of at least 4 members (excludes halogenated alkanes) is 4. The van der Waals surface area contributed by atoms with Gasteiger partial charge in [-0.3, -0.25) is 0 Å². The van der Waals surface area contributed by atoms with Gasteiger partial charge in [-0.2, -0.15) is 0 Å². The summed E-state index contributed by atoms with van der Waals surface area (Å²) in [7, 11) is 1.34. The van der Waals surface area contributed by atoms with Crippen molar-refractivity contribution in [2.45, 2.75) is 32.1 Å². The Bertz CT molecular complexity index is 443. The minimum atomic E-state index is -0.393. The van der Waals surface area contributed by atoms with E-state index in [0.29, 0.717) is 11.3 Å². The molecule has 0 aliphatic carbocycles. The molecule has 0 radical (unpaired) electrons. The highest BCUT2D eigenvalue weighted by atomic mass is 16.5. The average Bonchev–Trinajstić information content (AvgIpc) is 2.46. The third-order valence-corrected chi connectivity index (χ3v) is 2.61. The zero-order chi connectivity index (χ0) is 13.9. The second-order valence-electron chi connectivity index (χ2n) is 4.11. The van der Waals surface area contributed by atoms with E-state index in [0.717, 1.165) is 32.1 Å². The van der Waals surface area contributed by atoms with Crippen LogP contribution in [0.15, 0.2) is 18.3 Å². The summed E-state index contributed by atoms with van der Waals surface area (Å²) in [6, 6.07) is 3.37. The van der Waals surface area contributed by atoms with Gasteiger partial charge in [0.05, 0.1) is 12.7 Å². The molecular formula is C15H19NO3. The van der Waals surface area contributed by atoms with Crippen molar-refractivity contribution in [1.29, 1.82) is 0 Å². The molecule has 0 atom stereocenters. The van der Waals surface area contributed by atoms with Crippen molar-refractivity contribution in [1.82, 2.24) is 4.98 Å². The lowest BCUT2D eigenvalue weighted by Gasteiger charge is -1.97. The van der Waals surface area contributed by atoms with Crippen molar-refractivity contribution < 1.29 is 14.6 Å². The first-order valence-corrected chi connectivity index (χ1v) is 6.42. The number of pyridine rings is 1. The molecule has 102 valence electrons. The van der Waals surface area contributed by atoms with E-state index in [-0.39, 0.29) is 6.61 Å². The lowest BCUT2D eigenvalue weighted by molar-refractivity contribution is 0.0600. The maximum Gasteiger partial charge on any atom is 0.339 e. The molecular weight excluding hydrogens is 242 g/mol. The highest BCUT2D eigenvalue weighted by molar-refractivity contribution is 5.88. The number of aliphatic hydroxyl groups is 1. The van der Waals surface area contributed by atoms with Crippen molar-refractivity contribution in [3.05, 3.63) is 29.6 Å². The summed E-state index contributed by atoms with van der Waals surface area (Å²) < 4.78 is 4.59. The molecule has 1 aromatic rings. The van der Waals surface area contributed by atoms with Crippen LogP contribution in [0.1, 0.15) is 48.2 Å². The number of esters is 1. The van der Waals surface area contributed by atoms with Gasteiger partial charge in [-0.15, -0.1) is 0 Å². The second-order valence-corrected chi connectivity index (χ2v) is 4.11. The number of nitrogens with zero attached hydrogens (tertiary/aromatic N) is 1. The number of methoxy groups -OCH3 is 1. The van der Waals surface area contributed by atoms with Crippen LogP contribution in [-0.4, -0.2) is 29.8 Å². The zero-order valence-electron chi connectivity index (χ0n) is 11.2. The molecule has 4 heteroatoms. The third kappa shape index (κ3) is 6.03. The van der Waals surface area contributed by atoms with Gasteiger partial charge in [0.15, 0.2) is 0 Å². The standard InChI is InChI=1S/C15H19NO3/c1-19-15(18)13-9-10-14(16-12-13)8-6-4-2-3-5-7-11-17/h9-10,12,17H,2-5,7,11H2,1H3. The molecule has 0 aliphatic heterocycles. The molecule has 0 aromatic carbocycles. The average molecular weight is 261 g/mol. The molecule has 1 rings (SSSR count). The number of aromatic nitrogens is 1. The summed E-state index contributed by atoms with van der Waals surface area (Å²) in [6.45, 7) is 0.266. The Morgan fingerprint density at radius 3 is 2.74 bits per heavy atom. The van der Waals surface area contributed by atoms with Crippen LogP contribution in [0.5, 0.6) is 0 Å². The molecule has 0 aliphatic rings. The monoisotopic (exact) mass is 261 g/mol. The molecule has 0 fully saturated rings. The third-order valence-electron chi connectivity index (χ3n) is 2.61. The maximum atomic E-state index is 11.2. The lowest BCUT2D eigenvalue weighted by Crippen LogP contribution is -2.01. The first-order valence-electron chi connectivity index (χ1n) is 6.42. The normalized spacial score (nSPS) is 9.58. The van der Waals surface area contributed by atoms with E-state index in [1.54, 1.807) is 12.1 Å². The van der Waals surface area contributed by atoms with Gasteiger partial charge in [0.25, 0.3) is 0 Å². The summed E-state index contributed by atoms with van der Waals surface area (Å²) in [5.74, 6) is 5.61. The quantitative estimate of drug-likeness (QED) is 0.484. The van der Waals surface area contributed by atoms with Gasteiger partial charge in [-0.25, -0.2) is 9.78 Å². The van der Waals surface area contributed by atoms with Crippen LogP contribution >= 0.6 is 0 Å². The Morgan fingerprint density at radius 1 is 1.32 bits per heavy atom. The number of rotatable bonds is 6. The van der Waals surface area contributed by atoms with Gasteiger partial charge >= 0.3 is 5.97 Å². The predicted molar refractivity (Wildman–Crippen MR) is 72.6 cm³/mol. The Labute approximate surface area is 113 Å². The van der Waals surface area contributed by atoms with Gasteiger partial charge in [0, 0.05) is 19.2 Å². The number of hydrogen-bond acceptors (Lipinski definition) is 4. The minimum Gasteiger partial charge on any atom is -0.465 e. The fourth-order valence-corrected chi connectivity index (χ4v) is 1.54. The van der Waals surface area contributed by atoms with Crippen LogP contribution in [0, 0.1) is 11.8 Å². The topological polar surface area (TPSA) is 59.4 Å². The first kappa shape index (κ1) is 15.2. The van der Waals surface area contributed by atoms with Crippen LogP contribution in [0.4, 0.5) is 0 Å². The molecule has 19 heavy (non-hydrogen) atoms. The van der Waals surface area contributed by atoms with Crippen LogP contribution in [0.2, 0.25) is 0 Å². The molecule has 0 amide bonds. The molecule has 1 aromatic heterocycles. The molecule has 4 nitrogen and oxygen atoms in total. The van der Waals surface area contributed by atoms with E-state index < -0.39 is 5.97 Å². The van der Waals surface area contributed by atoms with Crippen molar-refractivity contribution in [2.24, 2.45) is 0 Å². The van der Waals surface area contributed by atoms with E-state index in [1.807, 2.05) is 0 Å². The molecule has 1 heterocycles. The van der Waals surface area contributed by atoms with E-state index in [4.69, 9.17) is 5.11 Å². The smallest absolute Gasteiger partial charge is 0.339 e. The summed E-state index contributed by atoms with van der Waals surface area (Å²) >= 11 is 0. The van der Waals surface area contributed by atoms with E-state index >= 15 is 0 Å². The number of ether oxygens (including phenoxy) is 1. The first-order chi connectivity index (χ1) is 9.27. The highest BCUT2D eigenvalue weighted by Gasteiger charge is 2.03. The Hall–Kier alpha value is -1.86. The summed E-state index contributed by atoms with van der Waals surface area (Å²) in [6.07, 6.45) is 6.33. The fourth-order valence-electron chi connectivity index (χ4n) is 1.54. The largest absolute Gasteiger partial charge is 0.465 e. The van der Waals surface area contributed by atoms with Crippen LogP contribution in [0.3, 0.4) is 0 Å². The number of hydrogen-bond donors (Lipinski definition) is 1. The number of carbonyl (C=O) groups is 1. The number of carbonyl (C=O) groups excluding carboxylic acids is 1. The molecule has 0 saturated heterocycles. The molecule has 1 N–H and O–H groups in total. The van der Waals surface area contributed by atoms with Crippen molar-refractivity contribution in [3.8, 4) is 11.8 Å². The second kappa shape index (κ2) is 9.12. The van der Waals surface area contributed by atoms with Gasteiger partial charge in [-0.1, -0.05) is 18.8 Å². The van der Waals surface area contributed by atoms with Crippen LogP contribution in [-0.2, 0) is 4.74 Å². The Balaban J connectivity index is 2.35. The van der Waals surface area contributed by atoms with E-state index in [2.05, 4.69) is 21.6 Å². The Morgan fingerprint density at radius 2 is 2.11 bits per heavy atom. The molecule has 0 spiro atoms. The molecule has 0 saturated carbocycles. The lowest BCUT2D eigenvalue weighted by atomic mass is 10.1. The van der Waals surface area contributed by atoms with Gasteiger partial charge in [-0.05, 0) is 30.9 Å². The maximum absolute atomic E-state index is 11.2. The SMILES string of the molecule is COC(=O)c1ccc(C#CCCCCCCO)nc1. The van der Waals surface area contributed by atoms with Crippen molar-refractivity contribution >= 4 is 5.97 Å². The molecule has 0 bridgehead atoms. The number of aliphatic hydroxyl groups excluding tert-OH is 1. The van der Waals surface area contributed by atoms with Gasteiger partial charge in [0.1, 0.15) is 5.69 Å². The van der Waals surface area contributed by atoms with Crippen LogP contribution < -0.4 is 0 Å². The van der Waals surface area contributed by atoms with Crippen molar-refractivity contribution in [3.63, 3.8) is 0 Å². The van der Waals surface area contributed by atoms with Crippen LogP contribution in [0.25, 0.3) is 0 Å². The summed E-state index contributed by atoms with van der Waals surface area (Å²) in [5, 5.41) is 8.63. The summed E-state index contributed by atoms with van der Waals surface area (Å²) in [5.41, 5.74) is 1.08. The fraction of sp³-hybridized carbons (Fsp3) is 0.467. The minimum absolute atomic E-state index is 0.266. The van der Waals surface area contributed by atoms with E-state index in [9.17, 15) is 4.79 Å². The highest BCUT2D eigenvalue weighted by Crippen LogP contribution is 2.03.